The molecule has 1 aromatic rings. The number of fused-ring (bicyclic) bond motifs is 1. The van der Waals surface area contributed by atoms with E-state index in [-0.39, 0.29) is 5.91 Å². The number of amides is 1. The van der Waals surface area contributed by atoms with Gasteiger partial charge in [-0.05, 0) is 42.9 Å². The zero-order valence-electron chi connectivity index (χ0n) is 8.62. The van der Waals surface area contributed by atoms with Gasteiger partial charge in [-0.3, -0.25) is 4.79 Å². The molecule has 0 saturated heterocycles. The van der Waals surface area contributed by atoms with Crippen LogP contribution >= 0.6 is 0 Å². The number of carbonyl (C=O) groups excluding carboxylic acids is 1. The van der Waals surface area contributed by atoms with Crippen molar-refractivity contribution in [3.8, 4) is 0 Å². The minimum absolute atomic E-state index is 0.339. The molecular formula is C12H15NO2. The molecule has 1 aliphatic carbocycles. The van der Waals surface area contributed by atoms with E-state index in [9.17, 15) is 4.79 Å². The second-order valence-corrected chi connectivity index (χ2v) is 3.86. The average molecular weight is 205 g/mol. The first kappa shape index (κ1) is 10.2. The maximum absolute atomic E-state index is 11.1. The summed E-state index contributed by atoms with van der Waals surface area (Å²) in [6.07, 6.45) is 4.53. The van der Waals surface area contributed by atoms with Gasteiger partial charge in [0.15, 0.2) is 0 Å². The first-order chi connectivity index (χ1) is 7.31. The second-order valence-electron chi connectivity index (χ2n) is 3.86. The smallest absolute Gasteiger partial charge is 0.250 e. The highest BCUT2D eigenvalue weighted by Gasteiger charge is 2.13. The van der Waals surface area contributed by atoms with E-state index in [0.29, 0.717) is 0 Å². The molecule has 0 saturated carbocycles. The number of aryl methyl sites for hydroxylation is 1. The molecule has 0 spiro atoms. The summed E-state index contributed by atoms with van der Waals surface area (Å²) in [7, 11) is 0. The van der Waals surface area contributed by atoms with E-state index in [4.69, 9.17) is 5.11 Å². The van der Waals surface area contributed by atoms with E-state index in [1.807, 2.05) is 12.1 Å². The largest absolute Gasteiger partial charge is 0.387 e. The number of benzene rings is 1. The molecule has 15 heavy (non-hydrogen) atoms. The first-order valence-electron chi connectivity index (χ1n) is 5.33. The Morgan fingerprint density at radius 2 is 2.13 bits per heavy atom. The van der Waals surface area contributed by atoms with Gasteiger partial charge in [0.05, 0.1) is 0 Å². The number of hydrogen-bond donors (Lipinski definition) is 2. The fourth-order valence-electron chi connectivity index (χ4n) is 2.09. The normalized spacial score (nSPS) is 14.5. The van der Waals surface area contributed by atoms with Crippen molar-refractivity contribution in [3.05, 3.63) is 29.3 Å². The van der Waals surface area contributed by atoms with Crippen LogP contribution in [0.1, 0.15) is 24.0 Å². The average Bonchev–Trinajstić information content (AvgIpc) is 2.29. The molecule has 0 radical (unpaired) electrons. The van der Waals surface area contributed by atoms with Crippen LogP contribution in [0.25, 0.3) is 0 Å². The number of rotatable bonds is 2. The van der Waals surface area contributed by atoms with Crippen LogP contribution in [0.3, 0.4) is 0 Å². The molecule has 1 aliphatic rings. The van der Waals surface area contributed by atoms with Crippen LogP contribution in [-0.2, 0) is 17.6 Å². The molecule has 0 aromatic heterocycles. The Morgan fingerprint density at radius 1 is 1.33 bits per heavy atom. The number of aliphatic hydroxyl groups is 1. The molecule has 3 heteroatoms. The van der Waals surface area contributed by atoms with Crippen molar-refractivity contribution in [1.29, 1.82) is 0 Å². The predicted octanol–water partition coefficient (Wildman–Crippen LogP) is 1.50. The minimum atomic E-state index is -0.455. The number of nitrogens with one attached hydrogen (secondary N) is 1. The van der Waals surface area contributed by atoms with E-state index in [0.717, 1.165) is 18.5 Å². The number of carbonyl (C=O) groups is 1. The zero-order chi connectivity index (χ0) is 10.7. The van der Waals surface area contributed by atoms with Gasteiger partial charge in [0.2, 0.25) is 5.91 Å². The van der Waals surface area contributed by atoms with Crippen LogP contribution in [0.2, 0.25) is 0 Å². The molecule has 2 rings (SSSR count). The Balaban J connectivity index is 2.27. The van der Waals surface area contributed by atoms with Crippen LogP contribution in [0, 0.1) is 0 Å². The highest BCUT2D eigenvalue weighted by atomic mass is 16.3. The highest BCUT2D eigenvalue weighted by molar-refractivity contribution is 5.92. The summed E-state index contributed by atoms with van der Waals surface area (Å²) in [5.41, 5.74) is 3.44. The van der Waals surface area contributed by atoms with Gasteiger partial charge in [0.1, 0.15) is 6.61 Å². The summed E-state index contributed by atoms with van der Waals surface area (Å²) in [6, 6.07) is 5.97. The Labute approximate surface area is 89.1 Å². The molecule has 1 amide bonds. The van der Waals surface area contributed by atoms with Crippen LogP contribution in [0.5, 0.6) is 0 Å². The standard InChI is InChI=1S/C12H15NO2/c14-8-12(15)13-11-7-3-5-9-4-1-2-6-10(9)11/h3,5,7,14H,1-2,4,6,8H2,(H,13,15). The molecule has 1 aromatic carbocycles. The molecule has 2 N–H and O–H groups in total. The summed E-state index contributed by atoms with van der Waals surface area (Å²) in [5, 5.41) is 11.4. The van der Waals surface area contributed by atoms with Crippen LogP contribution in [0.4, 0.5) is 5.69 Å². The maximum Gasteiger partial charge on any atom is 0.250 e. The van der Waals surface area contributed by atoms with Crippen molar-refractivity contribution in [2.24, 2.45) is 0 Å². The SMILES string of the molecule is O=C(CO)Nc1cccc2c1CCCC2. The molecule has 0 unspecified atom stereocenters. The van der Waals surface area contributed by atoms with Gasteiger partial charge in [0.25, 0.3) is 0 Å². The Bertz CT molecular complexity index is 374. The molecule has 0 heterocycles. The van der Waals surface area contributed by atoms with Crippen molar-refractivity contribution in [2.75, 3.05) is 11.9 Å². The zero-order valence-corrected chi connectivity index (χ0v) is 8.62. The molecule has 80 valence electrons. The van der Waals surface area contributed by atoms with Crippen molar-refractivity contribution in [3.63, 3.8) is 0 Å². The third kappa shape index (κ3) is 2.18. The Morgan fingerprint density at radius 3 is 2.93 bits per heavy atom. The third-order valence-corrected chi connectivity index (χ3v) is 2.81. The van der Waals surface area contributed by atoms with Gasteiger partial charge in [-0.1, -0.05) is 12.1 Å². The fraction of sp³-hybridized carbons (Fsp3) is 0.417. The van der Waals surface area contributed by atoms with E-state index >= 15 is 0 Å². The minimum Gasteiger partial charge on any atom is -0.387 e. The summed E-state index contributed by atoms with van der Waals surface area (Å²) in [5.74, 6) is -0.339. The van der Waals surface area contributed by atoms with Gasteiger partial charge < -0.3 is 10.4 Å². The van der Waals surface area contributed by atoms with Crippen molar-refractivity contribution < 1.29 is 9.90 Å². The van der Waals surface area contributed by atoms with Crippen LogP contribution < -0.4 is 5.32 Å². The molecular weight excluding hydrogens is 190 g/mol. The van der Waals surface area contributed by atoms with Gasteiger partial charge in [0, 0.05) is 5.69 Å². The summed E-state index contributed by atoms with van der Waals surface area (Å²) < 4.78 is 0. The number of aliphatic hydroxyl groups excluding tert-OH is 1. The molecule has 3 nitrogen and oxygen atoms in total. The summed E-state index contributed by atoms with van der Waals surface area (Å²) in [6.45, 7) is -0.455. The lowest BCUT2D eigenvalue weighted by atomic mass is 9.90. The molecule has 0 fully saturated rings. The van der Waals surface area contributed by atoms with Crippen molar-refractivity contribution >= 4 is 11.6 Å². The predicted molar refractivity (Wildman–Crippen MR) is 58.8 cm³/mol. The van der Waals surface area contributed by atoms with E-state index in [2.05, 4.69) is 11.4 Å². The molecule has 0 bridgehead atoms. The Kier molecular flexibility index (Phi) is 3.02. The van der Waals surface area contributed by atoms with Crippen LogP contribution in [-0.4, -0.2) is 17.6 Å². The monoisotopic (exact) mass is 205 g/mol. The quantitative estimate of drug-likeness (QED) is 0.768. The van der Waals surface area contributed by atoms with Gasteiger partial charge >= 0.3 is 0 Å². The van der Waals surface area contributed by atoms with Gasteiger partial charge in [-0.15, -0.1) is 0 Å². The van der Waals surface area contributed by atoms with Crippen molar-refractivity contribution in [2.45, 2.75) is 25.7 Å². The molecule has 0 aliphatic heterocycles. The fourth-order valence-corrected chi connectivity index (χ4v) is 2.09. The second kappa shape index (κ2) is 4.45. The first-order valence-corrected chi connectivity index (χ1v) is 5.33. The van der Waals surface area contributed by atoms with Gasteiger partial charge in [-0.2, -0.15) is 0 Å². The highest BCUT2D eigenvalue weighted by Crippen LogP contribution is 2.27. The Hall–Kier alpha value is -1.35. The summed E-state index contributed by atoms with van der Waals surface area (Å²) >= 11 is 0. The lowest BCUT2D eigenvalue weighted by Crippen LogP contribution is -2.18. The van der Waals surface area contributed by atoms with Crippen LogP contribution in [0.15, 0.2) is 18.2 Å². The van der Waals surface area contributed by atoms with Gasteiger partial charge in [-0.25, -0.2) is 0 Å². The van der Waals surface area contributed by atoms with Crippen molar-refractivity contribution in [1.82, 2.24) is 0 Å². The van der Waals surface area contributed by atoms with E-state index in [1.165, 1.54) is 24.0 Å². The van der Waals surface area contributed by atoms with E-state index < -0.39 is 6.61 Å². The molecule has 0 atom stereocenters. The number of anilines is 1. The third-order valence-electron chi connectivity index (χ3n) is 2.81. The summed E-state index contributed by atoms with van der Waals surface area (Å²) in [4.78, 5) is 11.1. The maximum atomic E-state index is 11.1. The topological polar surface area (TPSA) is 49.3 Å². The lowest BCUT2D eigenvalue weighted by molar-refractivity contribution is -0.118. The lowest BCUT2D eigenvalue weighted by Gasteiger charge is -2.19. The van der Waals surface area contributed by atoms with E-state index in [1.54, 1.807) is 0 Å². The number of hydrogen-bond acceptors (Lipinski definition) is 2.